The molecule has 2 N–H and O–H groups in total. The van der Waals surface area contributed by atoms with Crippen molar-refractivity contribution in [3.8, 4) is 0 Å². The zero-order valence-electron chi connectivity index (χ0n) is 12.0. The van der Waals surface area contributed by atoms with Crippen LogP contribution in [0.25, 0.3) is 0 Å². The molecular formula is C14H27NO3. The molecule has 1 heterocycles. The molecule has 0 aromatic heterocycles. The lowest BCUT2D eigenvalue weighted by molar-refractivity contribution is -0.132. The zero-order valence-corrected chi connectivity index (χ0v) is 12.0. The van der Waals surface area contributed by atoms with Gasteiger partial charge < -0.3 is 15.2 Å². The molecule has 1 fully saturated rings. The van der Waals surface area contributed by atoms with E-state index in [2.05, 4.69) is 33.0 Å². The molecular weight excluding hydrogens is 230 g/mol. The lowest BCUT2D eigenvalue weighted by Crippen LogP contribution is -2.48. The standard InChI is InChI=1S/C14H27NO3/c1-10-9-18-8-6-11(10)13(17)15-12(5-7-16)14(2,3)4/h10-12,16H,5-9H2,1-4H3,(H,15,17). The Bertz CT molecular complexity index is 273. The third kappa shape index (κ3) is 4.25. The monoisotopic (exact) mass is 257 g/mol. The Morgan fingerprint density at radius 2 is 2.17 bits per heavy atom. The number of hydrogen-bond acceptors (Lipinski definition) is 3. The highest BCUT2D eigenvalue weighted by atomic mass is 16.5. The Hall–Kier alpha value is -0.610. The molecule has 0 radical (unpaired) electrons. The Labute approximate surface area is 110 Å². The molecule has 0 aromatic rings. The number of ether oxygens (including phenoxy) is 1. The Balaban J connectivity index is 2.60. The maximum atomic E-state index is 12.3. The number of aliphatic hydroxyl groups excluding tert-OH is 1. The summed E-state index contributed by atoms with van der Waals surface area (Å²) in [6.45, 7) is 9.75. The predicted octanol–water partition coefficient (Wildman–Crippen LogP) is 1.57. The predicted molar refractivity (Wildman–Crippen MR) is 71.2 cm³/mol. The minimum atomic E-state index is -0.0349. The van der Waals surface area contributed by atoms with Crippen molar-refractivity contribution >= 4 is 5.91 Å². The van der Waals surface area contributed by atoms with Crippen molar-refractivity contribution in [1.82, 2.24) is 5.32 Å². The number of carbonyl (C=O) groups excluding carboxylic acids is 1. The molecule has 3 unspecified atom stereocenters. The summed E-state index contributed by atoms with van der Waals surface area (Å²) >= 11 is 0. The van der Waals surface area contributed by atoms with Crippen LogP contribution in [0.3, 0.4) is 0 Å². The van der Waals surface area contributed by atoms with Gasteiger partial charge >= 0.3 is 0 Å². The van der Waals surface area contributed by atoms with Crippen LogP contribution in [0.15, 0.2) is 0 Å². The van der Waals surface area contributed by atoms with Gasteiger partial charge in [0.1, 0.15) is 0 Å². The fraction of sp³-hybridized carbons (Fsp3) is 0.929. The van der Waals surface area contributed by atoms with Crippen LogP contribution < -0.4 is 5.32 Å². The summed E-state index contributed by atoms with van der Waals surface area (Å²) in [4.78, 5) is 12.3. The van der Waals surface area contributed by atoms with E-state index in [9.17, 15) is 4.79 Å². The first-order valence-corrected chi connectivity index (χ1v) is 6.85. The van der Waals surface area contributed by atoms with Crippen LogP contribution in [-0.4, -0.2) is 36.9 Å². The molecule has 4 nitrogen and oxygen atoms in total. The van der Waals surface area contributed by atoms with Gasteiger partial charge in [-0.05, 0) is 24.2 Å². The summed E-state index contributed by atoms with van der Waals surface area (Å²) in [5, 5.41) is 12.2. The molecule has 18 heavy (non-hydrogen) atoms. The SMILES string of the molecule is CC1COCCC1C(=O)NC(CCO)C(C)(C)C. The Morgan fingerprint density at radius 3 is 2.67 bits per heavy atom. The van der Waals surface area contributed by atoms with Gasteiger partial charge in [0, 0.05) is 31.8 Å². The largest absolute Gasteiger partial charge is 0.396 e. The highest BCUT2D eigenvalue weighted by molar-refractivity contribution is 5.79. The molecule has 0 bridgehead atoms. The van der Waals surface area contributed by atoms with Crippen molar-refractivity contribution in [3.63, 3.8) is 0 Å². The fourth-order valence-electron chi connectivity index (χ4n) is 2.40. The van der Waals surface area contributed by atoms with Crippen molar-refractivity contribution in [3.05, 3.63) is 0 Å². The van der Waals surface area contributed by atoms with Gasteiger partial charge in [-0.15, -0.1) is 0 Å². The molecule has 4 heteroatoms. The summed E-state index contributed by atoms with van der Waals surface area (Å²) in [5.41, 5.74) is -0.0349. The second-order valence-corrected chi connectivity index (χ2v) is 6.39. The van der Waals surface area contributed by atoms with E-state index in [4.69, 9.17) is 9.84 Å². The first-order valence-electron chi connectivity index (χ1n) is 6.85. The summed E-state index contributed by atoms with van der Waals surface area (Å²) in [7, 11) is 0. The average molecular weight is 257 g/mol. The molecule has 0 saturated carbocycles. The van der Waals surface area contributed by atoms with Crippen LogP contribution in [0.4, 0.5) is 0 Å². The number of carbonyl (C=O) groups is 1. The third-order valence-electron chi connectivity index (χ3n) is 3.76. The van der Waals surface area contributed by atoms with Crippen LogP contribution in [0.1, 0.15) is 40.5 Å². The number of hydrogen-bond donors (Lipinski definition) is 2. The minimum absolute atomic E-state index is 0.0186. The smallest absolute Gasteiger partial charge is 0.223 e. The molecule has 1 aliphatic heterocycles. The van der Waals surface area contributed by atoms with Crippen LogP contribution >= 0.6 is 0 Å². The van der Waals surface area contributed by atoms with Gasteiger partial charge in [0.25, 0.3) is 0 Å². The fourth-order valence-corrected chi connectivity index (χ4v) is 2.40. The minimum Gasteiger partial charge on any atom is -0.396 e. The lowest BCUT2D eigenvalue weighted by Gasteiger charge is -2.34. The molecule has 0 aliphatic carbocycles. The van der Waals surface area contributed by atoms with E-state index in [1.807, 2.05) is 0 Å². The van der Waals surface area contributed by atoms with E-state index in [0.29, 0.717) is 19.6 Å². The van der Waals surface area contributed by atoms with Crippen LogP contribution in [-0.2, 0) is 9.53 Å². The molecule has 0 spiro atoms. The van der Waals surface area contributed by atoms with E-state index in [1.54, 1.807) is 0 Å². The highest BCUT2D eigenvalue weighted by Crippen LogP contribution is 2.25. The van der Waals surface area contributed by atoms with E-state index >= 15 is 0 Å². The summed E-state index contributed by atoms with van der Waals surface area (Å²) < 4.78 is 5.36. The lowest BCUT2D eigenvalue weighted by atomic mass is 9.83. The molecule has 3 atom stereocenters. The molecule has 1 amide bonds. The molecule has 1 rings (SSSR count). The van der Waals surface area contributed by atoms with E-state index in [0.717, 1.165) is 6.42 Å². The number of nitrogens with one attached hydrogen (secondary N) is 1. The van der Waals surface area contributed by atoms with Gasteiger partial charge in [-0.2, -0.15) is 0 Å². The maximum absolute atomic E-state index is 12.3. The van der Waals surface area contributed by atoms with E-state index in [1.165, 1.54) is 0 Å². The van der Waals surface area contributed by atoms with Crippen molar-refractivity contribution in [2.45, 2.75) is 46.6 Å². The van der Waals surface area contributed by atoms with Gasteiger partial charge in [0.2, 0.25) is 5.91 Å². The Morgan fingerprint density at radius 1 is 1.50 bits per heavy atom. The summed E-state index contributed by atoms with van der Waals surface area (Å²) in [5.74, 6) is 0.426. The third-order valence-corrected chi connectivity index (χ3v) is 3.76. The van der Waals surface area contributed by atoms with Crippen LogP contribution in [0.5, 0.6) is 0 Å². The molecule has 0 aromatic carbocycles. The Kier molecular flexibility index (Phi) is 5.60. The summed E-state index contributed by atoms with van der Waals surface area (Å²) in [6.07, 6.45) is 1.40. The van der Waals surface area contributed by atoms with Gasteiger partial charge in [-0.3, -0.25) is 4.79 Å². The van der Waals surface area contributed by atoms with Crippen molar-refractivity contribution in [2.24, 2.45) is 17.3 Å². The van der Waals surface area contributed by atoms with Crippen molar-refractivity contribution in [2.75, 3.05) is 19.8 Å². The zero-order chi connectivity index (χ0) is 13.8. The van der Waals surface area contributed by atoms with Crippen molar-refractivity contribution < 1.29 is 14.6 Å². The molecule has 1 saturated heterocycles. The molecule has 1 aliphatic rings. The number of rotatable bonds is 4. The van der Waals surface area contributed by atoms with Gasteiger partial charge in [0.05, 0.1) is 0 Å². The van der Waals surface area contributed by atoms with E-state index < -0.39 is 0 Å². The topological polar surface area (TPSA) is 58.6 Å². The van der Waals surface area contributed by atoms with E-state index in [-0.39, 0.29) is 35.8 Å². The van der Waals surface area contributed by atoms with Gasteiger partial charge in [-0.25, -0.2) is 0 Å². The van der Waals surface area contributed by atoms with Gasteiger partial charge in [-0.1, -0.05) is 27.7 Å². The second-order valence-electron chi connectivity index (χ2n) is 6.39. The van der Waals surface area contributed by atoms with Crippen LogP contribution in [0, 0.1) is 17.3 Å². The normalized spacial score (nSPS) is 26.7. The maximum Gasteiger partial charge on any atom is 0.223 e. The summed E-state index contributed by atoms with van der Waals surface area (Å²) in [6, 6.07) is 0.0186. The first-order chi connectivity index (χ1) is 8.36. The quantitative estimate of drug-likeness (QED) is 0.804. The molecule has 106 valence electrons. The average Bonchev–Trinajstić information content (AvgIpc) is 2.27. The first kappa shape index (κ1) is 15.4. The number of aliphatic hydroxyl groups is 1. The van der Waals surface area contributed by atoms with Crippen molar-refractivity contribution in [1.29, 1.82) is 0 Å². The highest BCUT2D eigenvalue weighted by Gasteiger charge is 2.32. The van der Waals surface area contributed by atoms with Gasteiger partial charge in [0.15, 0.2) is 0 Å². The number of amides is 1. The van der Waals surface area contributed by atoms with Crippen LogP contribution in [0.2, 0.25) is 0 Å². The second kappa shape index (κ2) is 6.53.